The third-order valence-corrected chi connectivity index (χ3v) is 7.06. The Morgan fingerprint density at radius 3 is 2.65 bits per heavy atom. The van der Waals surface area contributed by atoms with Gasteiger partial charge in [-0.15, -0.1) is 0 Å². The molecule has 2 aromatic rings. The summed E-state index contributed by atoms with van der Waals surface area (Å²) < 4.78 is 0. The zero-order valence-electron chi connectivity index (χ0n) is 19.1. The van der Waals surface area contributed by atoms with Gasteiger partial charge >= 0.3 is 6.03 Å². The van der Waals surface area contributed by atoms with Gasteiger partial charge in [-0.05, 0) is 56.5 Å². The van der Waals surface area contributed by atoms with Crippen LogP contribution < -0.4 is 5.32 Å². The van der Waals surface area contributed by atoms with Gasteiger partial charge in [0.15, 0.2) is 0 Å². The molecule has 0 aliphatic carbocycles. The van der Waals surface area contributed by atoms with E-state index >= 15 is 0 Å². The molecular weight excluding hydrogens is 429 g/mol. The van der Waals surface area contributed by atoms with Crippen LogP contribution in [-0.4, -0.2) is 42.0 Å². The van der Waals surface area contributed by atoms with E-state index in [1.54, 1.807) is 6.07 Å². The molecule has 2 atom stereocenters. The van der Waals surface area contributed by atoms with Crippen molar-refractivity contribution in [2.24, 2.45) is 5.41 Å². The number of likely N-dealkylation sites (tertiary alicyclic amines) is 1. The SMILES string of the molecule is Cc1cccc(CN(C(=O)N[C@H](C)c2cccc(Cl)c2Cl)C2CCN(C)CC2(C)C)c1. The lowest BCUT2D eigenvalue weighted by Gasteiger charge is -2.48. The number of nitrogens with one attached hydrogen (secondary N) is 1. The number of aryl methyl sites for hydroxylation is 1. The second-order valence-corrected chi connectivity index (χ2v) is 10.2. The maximum atomic E-state index is 13.6. The van der Waals surface area contributed by atoms with Crippen molar-refractivity contribution in [2.75, 3.05) is 20.1 Å². The number of rotatable bonds is 5. The summed E-state index contributed by atoms with van der Waals surface area (Å²) in [7, 11) is 2.14. The third-order valence-electron chi connectivity index (χ3n) is 6.22. The van der Waals surface area contributed by atoms with Crippen molar-refractivity contribution in [1.82, 2.24) is 15.1 Å². The minimum Gasteiger partial charge on any atom is -0.331 e. The molecule has 1 N–H and O–H groups in total. The Morgan fingerprint density at radius 2 is 1.97 bits per heavy atom. The van der Waals surface area contributed by atoms with Gasteiger partial charge in [0.2, 0.25) is 0 Å². The molecule has 168 valence electrons. The van der Waals surface area contributed by atoms with Crippen molar-refractivity contribution in [2.45, 2.75) is 52.7 Å². The topological polar surface area (TPSA) is 35.6 Å². The van der Waals surface area contributed by atoms with Gasteiger partial charge in [-0.25, -0.2) is 4.79 Å². The first kappa shape index (κ1) is 23.9. The molecule has 1 fully saturated rings. The van der Waals surface area contributed by atoms with Crippen LogP contribution in [0.3, 0.4) is 0 Å². The van der Waals surface area contributed by atoms with Crippen LogP contribution in [0.4, 0.5) is 4.79 Å². The quantitative estimate of drug-likeness (QED) is 0.566. The Morgan fingerprint density at radius 1 is 1.26 bits per heavy atom. The molecule has 0 radical (unpaired) electrons. The van der Waals surface area contributed by atoms with Gasteiger partial charge in [0, 0.05) is 19.1 Å². The summed E-state index contributed by atoms with van der Waals surface area (Å²) in [4.78, 5) is 18.0. The monoisotopic (exact) mass is 461 g/mol. The lowest BCUT2D eigenvalue weighted by molar-refractivity contribution is 0.0300. The Bertz CT molecular complexity index is 931. The van der Waals surface area contributed by atoms with Crippen LogP contribution in [0.5, 0.6) is 0 Å². The summed E-state index contributed by atoms with van der Waals surface area (Å²) in [6.07, 6.45) is 0.940. The highest BCUT2D eigenvalue weighted by Gasteiger charge is 2.40. The van der Waals surface area contributed by atoms with E-state index in [2.05, 4.69) is 62.3 Å². The van der Waals surface area contributed by atoms with Gasteiger partial charge in [-0.3, -0.25) is 0 Å². The van der Waals surface area contributed by atoms with Crippen LogP contribution in [-0.2, 0) is 6.54 Å². The molecular formula is C25H33Cl2N3O. The predicted molar refractivity (Wildman–Crippen MR) is 130 cm³/mol. The summed E-state index contributed by atoms with van der Waals surface area (Å²) in [6.45, 7) is 11.0. The second kappa shape index (κ2) is 9.81. The largest absolute Gasteiger partial charge is 0.331 e. The number of hydrogen-bond acceptors (Lipinski definition) is 2. The van der Waals surface area contributed by atoms with E-state index in [4.69, 9.17) is 23.2 Å². The fraction of sp³-hybridized carbons (Fsp3) is 0.480. The molecule has 31 heavy (non-hydrogen) atoms. The fourth-order valence-electron chi connectivity index (χ4n) is 4.72. The zero-order valence-corrected chi connectivity index (χ0v) is 20.6. The summed E-state index contributed by atoms with van der Waals surface area (Å²) in [5.74, 6) is 0. The number of carbonyl (C=O) groups excluding carboxylic acids is 1. The van der Waals surface area contributed by atoms with E-state index in [1.807, 2.05) is 24.0 Å². The molecule has 6 heteroatoms. The molecule has 0 bridgehead atoms. The van der Waals surface area contributed by atoms with Crippen LogP contribution in [0.15, 0.2) is 42.5 Å². The molecule has 0 saturated carbocycles. The zero-order chi connectivity index (χ0) is 22.8. The predicted octanol–water partition coefficient (Wildman–Crippen LogP) is 6.30. The summed E-state index contributed by atoms with van der Waals surface area (Å²) in [5, 5.41) is 4.16. The molecule has 0 aromatic heterocycles. The molecule has 1 unspecified atom stereocenters. The van der Waals surface area contributed by atoms with Crippen molar-refractivity contribution in [3.63, 3.8) is 0 Å². The number of urea groups is 1. The fourth-order valence-corrected chi connectivity index (χ4v) is 5.19. The van der Waals surface area contributed by atoms with Gasteiger partial charge in [-0.2, -0.15) is 0 Å². The smallest absolute Gasteiger partial charge is 0.318 e. The average molecular weight is 462 g/mol. The molecule has 3 rings (SSSR count). The van der Waals surface area contributed by atoms with Crippen molar-refractivity contribution in [1.29, 1.82) is 0 Å². The van der Waals surface area contributed by atoms with Crippen molar-refractivity contribution in [3.8, 4) is 0 Å². The van der Waals surface area contributed by atoms with E-state index in [0.29, 0.717) is 16.6 Å². The molecule has 2 aromatic carbocycles. The number of hydrogen-bond donors (Lipinski definition) is 1. The lowest BCUT2D eigenvalue weighted by atomic mass is 9.78. The van der Waals surface area contributed by atoms with E-state index in [0.717, 1.165) is 30.6 Å². The highest BCUT2D eigenvalue weighted by molar-refractivity contribution is 6.42. The molecule has 1 aliphatic heterocycles. The van der Waals surface area contributed by atoms with Crippen LogP contribution in [0.2, 0.25) is 10.0 Å². The Balaban J connectivity index is 1.87. The highest BCUT2D eigenvalue weighted by Crippen LogP contribution is 2.34. The van der Waals surface area contributed by atoms with Gasteiger partial charge < -0.3 is 15.1 Å². The lowest BCUT2D eigenvalue weighted by Crippen LogP contribution is -2.58. The average Bonchev–Trinajstić information content (AvgIpc) is 2.68. The molecule has 4 nitrogen and oxygen atoms in total. The second-order valence-electron chi connectivity index (χ2n) is 9.46. The number of nitrogens with zero attached hydrogens (tertiary/aromatic N) is 2. The first-order valence-corrected chi connectivity index (χ1v) is 11.6. The Labute approximate surface area is 196 Å². The summed E-state index contributed by atoms with van der Waals surface area (Å²) >= 11 is 12.6. The maximum Gasteiger partial charge on any atom is 0.318 e. The van der Waals surface area contributed by atoms with Crippen LogP contribution >= 0.6 is 23.2 Å². The van der Waals surface area contributed by atoms with Crippen molar-refractivity contribution < 1.29 is 4.79 Å². The number of amides is 2. The first-order chi connectivity index (χ1) is 14.6. The Hall–Kier alpha value is -1.75. The molecule has 2 amide bonds. The normalized spacial score (nSPS) is 19.6. The highest BCUT2D eigenvalue weighted by atomic mass is 35.5. The first-order valence-electron chi connectivity index (χ1n) is 10.8. The van der Waals surface area contributed by atoms with E-state index in [1.165, 1.54) is 5.56 Å². The van der Waals surface area contributed by atoms with E-state index < -0.39 is 0 Å². The van der Waals surface area contributed by atoms with Crippen LogP contribution in [0, 0.1) is 12.3 Å². The standard InChI is InChI=1S/C25H33Cl2N3O/c1-17-8-6-9-19(14-17)15-30(22-12-13-29(5)16-25(22,3)4)24(31)28-18(2)20-10-7-11-21(26)23(20)27/h6-11,14,18,22H,12-13,15-16H2,1-5H3,(H,28,31)/t18-,22?/m1/s1. The number of piperidine rings is 1. The molecule has 1 saturated heterocycles. The van der Waals surface area contributed by atoms with Gasteiger partial charge in [-0.1, -0.05) is 79.0 Å². The maximum absolute atomic E-state index is 13.6. The van der Waals surface area contributed by atoms with E-state index in [-0.39, 0.29) is 23.5 Å². The minimum absolute atomic E-state index is 0.0227. The number of halogens is 2. The van der Waals surface area contributed by atoms with Gasteiger partial charge in [0.05, 0.1) is 16.1 Å². The Kier molecular flexibility index (Phi) is 7.56. The van der Waals surface area contributed by atoms with E-state index in [9.17, 15) is 4.79 Å². The van der Waals surface area contributed by atoms with Crippen molar-refractivity contribution >= 4 is 29.2 Å². The van der Waals surface area contributed by atoms with Gasteiger partial charge in [0.1, 0.15) is 0 Å². The number of benzene rings is 2. The van der Waals surface area contributed by atoms with Crippen LogP contribution in [0.25, 0.3) is 0 Å². The molecule has 0 spiro atoms. The number of carbonyl (C=O) groups is 1. The third kappa shape index (κ3) is 5.74. The summed E-state index contributed by atoms with van der Waals surface area (Å²) in [5.41, 5.74) is 3.13. The van der Waals surface area contributed by atoms with Gasteiger partial charge in [0.25, 0.3) is 0 Å². The molecule has 1 heterocycles. The molecule has 1 aliphatic rings. The van der Waals surface area contributed by atoms with Crippen molar-refractivity contribution in [3.05, 3.63) is 69.2 Å². The minimum atomic E-state index is -0.256. The summed E-state index contributed by atoms with van der Waals surface area (Å²) in [6, 6.07) is 13.7. The van der Waals surface area contributed by atoms with Crippen LogP contribution in [0.1, 0.15) is 49.9 Å².